The van der Waals surface area contributed by atoms with Crippen molar-refractivity contribution in [2.24, 2.45) is 14.1 Å². The van der Waals surface area contributed by atoms with Crippen molar-refractivity contribution in [2.75, 3.05) is 0 Å². The molecule has 0 aliphatic rings. The summed E-state index contributed by atoms with van der Waals surface area (Å²) in [5.41, 5.74) is 1.27. The Kier molecular flexibility index (Phi) is 3.40. The molecule has 0 bridgehead atoms. The van der Waals surface area contributed by atoms with E-state index in [1.165, 1.54) is 12.1 Å². The zero-order chi connectivity index (χ0) is 15.9. The summed E-state index contributed by atoms with van der Waals surface area (Å²) < 4.78 is 16.8. The van der Waals surface area contributed by atoms with Crippen molar-refractivity contribution >= 4 is 16.8 Å². The molecule has 6 nitrogen and oxygen atoms in total. The first-order valence-corrected chi connectivity index (χ1v) is 6.87. The highest BCUT2D eigenvalue weighted by molar-refractivity contribution is 5.98. The van der Waals surface area contributed by atoms with E-state index in [2.05, 4.69) is 15.5 Å². The highest BCUT2D eigenvalue weighted by Crippen LogP contribution is 2.20. The van der Waals surface area contributed by atoms with Crippen LogP contribution in [-0.4, -0.2) is 25.2 Å². The molecule has 1 N–H and O–H groups in total. The smallest absolute Gasteiger partial charge is 0.268 e. The van der Waals surface area contributed by atoms with Gasteiger partial charge in [-0.2, -0.15) is 0 Å². The molecular weight excluding hydrogens is 285 g/mol. The molecule has 1 amide bonds. The van der Waals surface area contributed by atoms with Crippen LogP contribution in [0.4, 0.5) is 4.39 Å². The maximum atomic E-state index is 13.3. The van der Waals surface area contributed by atoms with E-state index in [0.29, 0.717) is 16.9 Å². The van der Waals surface area contributed by atoms with Crippen molar-refractivity contribution in [1.29, 1.82) is 0 Å². The third-order valence-corrected chi connectivity index (χ3v) is 3.72. The Hall–Kier alpha value is -2.70. The van der Waals surface area contributed by atoms with E-state index >= 15 is 0 Å². The first-order chi connectivity index (χ1) is 10.5. The van der Waals surface area contributed by atoms with Gasteiger partial charge in [0, 0.05) is 25.0 Å². The molecule has 114 valence electrons. The number of fused-ring (bicyclic) bond motifs is 1. The van der Waals surface area contributed by atoms with E-state index in [1.807, 2.05) is 14.0 Å². The second-order valence-electron chi connectivity index (χ2n) is 5.29. The van der Waals surface area contributed by atoms with Crippen LogP contribution >= 0.6 is 0 Å². The Bertz CT molecular complexity index is 851. The van der Waals surface area contributed by atoms with Crippen LogP contribution in [0.3, 0.4) is 0 Å². The Morgan fingerprint density at radius 1 is 1.32 bits per heavy atom. The predicted molar refractivity (Wildman–Crippen MR) is 79.8 cm³/mol. The minimum absolute atomic E-state index is 0.241. The Labute approximate surface area is 126 Å². The van der Waals surface area contributed by atoms with Crippen molar-refractivity contribution < 1.29 is 9.18 Å². The highest BCUT2D eigenvalue weighted by Gasteiger charge is 2.18. The Morgan fingerprint density at radius 2 is 2.09 bits per heavy atom. The van der Waals surface area contributed by atoms with Gasteiger partial charge in [-0.25, -0.2) is 4.39 Å². The van der Waals surface area contributed by atoms with Gasteiger partial charge in [0.15, 0.2) is 5.82 Å². The van der Waals surface area contributed by atoms with Crippen LogP contribution < -0.4 is 5.32 Å². The molecule has 0 aliphatic heterocycles. The summed E-state index contributed by atoms with van der Waals surface area (Å²) >= 11 is 0. The summed E-state index contributed by atoms with van der Waals surface area (Å²) in [6, 6.07) is 5.85. The minimum atomic E-state index is -0.322. The summed E-state index contributed by atoms with van der Waals surface area (Å²) in [6.07, 6.45) is 1.58. The fourth-order valence-electron chi connectivity index (χ4n) is 2.56. The lowest BCUT2D eigenvalue weighted by molar-refractivity contribution is 0.0930. The molecule has 0 spiro atoms. The Balaban J connectivity index is 1.89. The Morgan fingerprint density at radius 3 is 2.77 bits per heavy atom. The number of carbonyl (C=O) groups excluding carboxylic acids is 1. The van der Waals surface area contributed by atoms with Crippen LogP contribution in [-0.2, 0) is 14.1 Å². The normalized spacial score (nSPS) is 12.5. The molecule has 2 heterocycles. The molecule has 0 fully saturated rings. The zero-order valence-electron chi connectivity index (χ0n) is 12.5. The van der Waals surface area contributed by atoms with Gasteiger partial charge in [0.25, 0.3) is 5.91 Å². The largest absolute Gasteiger partial charge is 0.341 e. The van der Waals surface area contributed by atoms with E-state index in [-0.39, 0.29) is 17.8 Å². The average molecular weight is 301 g/mol. The zero-order valence-corrected chi connectivity index (χ0v) is 12.5. The van der Waals surface area contributed by atoms with Gasteiger partial charge in [-0.15, -0.1) is 10.2 Å². The molecular formula is C15H16FN5O. The van der Waals surface area contributed by atoms with Crippen LogP contribution in [0.15, 0.2) is 30.6 Å². The molecule has 7 heteroatoms. The lowest BCUT2D eigenvalue weighted by atomic mass is 10.2. The van der Waals surface area contributed by atoms with Gasteiger partial charge in [0.05, 0.1) is 6.04 Å². The maximum Gasteiger partial charge on any atom is 0.268 e. The second-order valence-corrected chi connectivity index (χ2v) is 5.29. The number of nitrogens with zero attached hydrogens (tertiary/aromatic N) is 4. The van der Waals surface area contributed by atoms with Crippen LogP contribution in [0.25, 0.3) is 10.9 Å². The summed E-state index contributed by atoms with van der Waals surface area (Å²) in [4.78, 5) is 12.5. The van der Waals surface area contributed by atoms with E-state index < -0.39 is 0 Å². The van der Waals surface area contributed by atoms with E-state index in [1.54, 1.807) is 34.6 Å². The van der Waals surface area contributed by atoms with Gasteiger partial charge in [-0.3, -0.25) is 4.79 Å². The molecule has 1 atom stereocenters. The van der Waals surface area contributed by atoms with Crippen LogP contribution in [0.5, 0.6) is 0 Å². The van der Waals surface area contributed by atoms with Crippen LogP contribution in [0.2, 0.25) is 0 Å². The molecule has 0 radical (unpaired) electrons. The van der Waals surface area contributed by atoms with Gasteiger partial charge >= 0.3 is 0 Å². The van der Waals surface area contributed by atoms with Crippen LogP contribution in [0, 0.1) is 5.82 Å². The monoisotopic (exact) mass is 301 g/mol. The lowest BCUT2D eigenvalue weighted by Crippen LogP contribution is -2.29. The number of hydrogen-bond acceptors (Lipinski definition) is 3. The van der Waals surface area contributed by atoms with E-state index in [9.17, 15) is 9.18 Å². The first-order valence-electron chi connectivity index (χ1n) is 6.87. The van der Waals surface area contributed by atoms with Crippen molar-refractivity contribution in [3.63, 3.8) is 0 Å². The summed E-state index contributed by atoms with van der Waals surface area (Å²) in [7, 11) is 3.60. The second kappa shape index (κ2) is 5.25. The number of hydrogen-bond donors (Lipinski definition) is 1. The topological polar surface area (TPSA) is 64.7 Å². The standard InChI is InChI=1S/C15H16FN5O/c1-9(14-19-17-8-20(14)2)18-15(22)13-7-10-6-11(16)4-5-12(10)21(13)3/h4-9H,1-3H3,(H,18,22)/t9-/m1/s1. The van der Waals surface area contributed by atoms with E-state index in [4.69, 9.17) is 0 Å². The number of nitrogens with one attached hydrogen (secondary N) is 1. The average Bonchev–Trinajstić information content (AvgIpc) is 3.02. The van der Waals surface area contributed by atoms with Crippen molar-refractivity contribution in [1.82, 2.24) is 24.6 Å². The third-order valence-electron chi connectivity index (χ3n) is 3.72. The SMILES string of the molecule is C[C@@H](NC(=O)c1cc2cc(F)ccc2n1C)c1nncn1C. The third kappa shape index (κ3) is 2.34. The molecule has 0 saturated heterocycles. The molecule has 3 aromatic rings. The molecule has 0 saturated carbocycles. The number of aromatic nitrogens is 4. The molecule has 0 aliphatic carbocycles. The molecule has 3 rings (SSSR count). The van der Waals surface area contributed by atoms with Gasteiger partial charge in [-0.05, 0) is 31.2 Å². The molecule has 0 unspecified atom stereocenters. The number of carbonyl (C=O) groups is 1. The lowest BCUT2D eigenvalue weighted by Gasteiger charge is -2.13. The number of halogens is 1. The number of aryl methyl sites for hydroxylation is 2. The number of benzene rings is 1. The molecule has 1 aromatic carbocycles. The molecule has 22 heavy (non-hydrogen) atoms. The van der Waals surface area contributed by atoms with Gasteiger partial charge in [-0.1, -0.05) is 0 Å². The quantitative estimate of drug-likeness (QED) is 0.804. The van der Waals surface area contributed by atoms with Crippen LogP contribution in [0.1, 0.15) is 29.3 Å². The summed E-state index contributed by atoms with van der Waals surface area (Å²) in [5, 5.41) is 11.4. The summed E-state index contributed by atoms with van der Waals surface area (Å²) in [6.45, 7) is 1.84. The maximum absolute atomic E-state index is 13.3. The predicted octanol–water partition coefficient (Wildman–Crippen LogP) is 1.94. The van der Waals surface area contributed by atoms with E-state index in [0.717, 1.165) is 5.52 Å². The molecule has 2 aromatic heterocycles. The van der Waals surface area contributed by atoms with Gasteiger partial charge in [0.1, 0.15) is 17.8 Å². The summed E-state index contributed by atoms with van der Waals surface area (Å²) in [5.74, 6) is 0.102. The fraction of sp³-hybridized carbons (Fsp3) is 0.267. The van der Waals surface area contributed by atoms with Gasteiger partial charge < -0.3 is 14.5 Å². The number of rotatable bonds is 3. The van der Waals surface area contributed by atoms with Crippen molar-refractivity contribution in [3.8, 4) is 0 Å². The van der Waals surface area contributed by atoms with Crippen molar-refractivity contribution in [2.45, 2.75) is 13.0 Å². The highest BCUT2D eigenvalue weighted by atomic mass is 19.1. The number of amides is 1. The first kappa shape index (κ1) is 14.2. The van der Waals surface area contributed by atoms with Crippen molar-refractivity contribution in [3.05, 3.63) is 47.9 Å². The fourth-order valence-corrected chi connectivity index (χ4v) is 2.56. The minimum Gasteiger partial charge on any atom is -0.341 e. The van der Waals surface area contributed by atoms with Gasteiger partial charge in [0.2, 0.25) is 0 Å².